The lowest BCUT2D eigenvalue weighted by molar-refractivity contribution is 0.209. The lowest BCUT2D eigenvalue weighted by atomic mass is 10.1. The van der Waals surface area contributed by atoms with Crippen LogP contribution in [0.3, 0.4) is 0 Å². The highest BCUT2D eigenvalue weighted by Gasteiger charge is 2.10. The van der Waals surface area contributed by atoms with Crippen molar-refractivity contribution >= 4 is 12.2 Å². The summed E-state index contributed by atoms with van der Waals surface area (Å²) in [6.45, 7) is 0.00947. The molecule has 1 aromatic carbocycles. The van der Waals surface area contributed by atoms with Gasteiger partial charge in [-0.05, 0) is 24.5 Å². The zero-order chi connectivity index (χ0) is 13.5. The van der Waals surface area contributed by atoms with Crippen LogP contribution in [0.2, 0.25) is 0 Å². The smallest absolute Gasteiger partial charge is 0.409 e. The fourth-order valence-electron chi connectivity index (χ4n) is 1.39. The minimum Gasteiger partial charge on any atom is -0.410 e. The summed E-state index contributed by atoms with van der Waals surface area (Å²) in [4.78, 5) is 21.3. The van der Waals surface area contributed by atoms with Crippen LogP contribution in [0, 0.1) is 0 Å². The molecule has 1 rings (SSSR count). The number of aryl methyl sites for hydroxylation is 1. The first kappa shape index (κ1) is 13.8. The van der Waals surface area contributed by atoms with Crippen LogP contribution < -0.4 is 20.9 Å². The summed E-state index contributed by atoms with van der Waals surface area (Å²) in [5.74, 6) is 0.321. The van der Waals surface area contributed by atoms with Crippen LogP contribution in [0.1, 0.15) is 12.0 Å². The number of amides is 2. The summed E-state index contributed by atoms with van der Waals surface area (Å²) in [5, 5.41) is 8.76. The Kier molecular flexibility index (Phi) is 4.94. The summed E-state index contributed by atoms with van der Waals surface area (Å²) in [5.41, 5.74) is 10.5. The van der Waals surface area contributed by atoms with Gasteiger partial charge in [0, 0.05) is 12.7 Å². The molecule has 0 radical (unpaired) electrons. The molecule has 0 spiro atoms. The van der Waals surface area contributed by atoms with Crippen molar-refractivity contribution in [2.45, 2.75) is 12.8 Å². The zero-order valence-corrected chi connectivity index (χ0v) is 9.59. The molecule has 98 valence electrons. The lowest BCUT2D eigenvalue weighted by Gasteiger charge is -2.10. The molecule has 2 amide bonds. The Labute approximate surface area is 103 Å². The van der Waals surface area contributed by atoms with Crippen LogP contribution >= 0.6 is 0 Å². The Bertz CT molecular complexity index is 447. The number of rotatable bonds is 5. The number of aliphatic hydroxyl groups excluding tert-OH is 1. The van der Waals surface area contributed by atoms with Crippen LogP contribution in [-0.2, 0) is 6.42 Å². The monoisotopic (exact) mass is 254 g/mol. The molecular formula is C11H14N2O5. The molecule has 18 heavy (non-hydrogen) atoms. The Morgan fingerprint density at radius 2 is 1.83 bits per heavy atom. The fraction of sp³-hybridized carbons (Fsp3) is 0.273. The molecule has 0 saturated carbocycles. The number of aliphatic hydroxyl groups is 1. The molecule has 0 saturated heterocycles. The number of hydrogen-bond donors (Lipinski definition) is 3. The second kappa shape index (κ2) is 6.45. The molecule has 0 atom stereocenters. The summed E-state index contributed by atoms with van der Waals surface area (Å²) >= 11 is 0. The van der Waals surface area contributed by atoms with Gasteiger partial charge in [0.05, 0.1) is 0 Å². The standard InChI is InChI=1S/C11H14N2O5/c12-10(15)17-8-4-3-7(2-1-5-14)9(6-8)18-11(13)16/h3-4,6,14H,1-2,5H2,(H2,12,15)(H2,13,16). The van der Waals surface area contributed by atoms with E-state index in [-0.39, 0.29) is 18.1 Å². The van der Waals surface area contributed by atoms with E-state index >= 15 is 0 Å². The number of carbonyl (C=O) groups excluding carboxylic acids is 2. The predicted octanol–water partition coefficient (Wildman–Crippen LogP) is 0.527. The van der Waals surface area contributed by atoms with Gasteiger partial charge in [-0.25, -0.2) is 9.59 Å². The Morgan fingerprint density at radius 3 is 2.39 bits per heavy atom. The third-order valence-electron chi connectivity index (χ3n) is 2.07. The van der Waals surface area contributed by atoms with Gasteiger partial charge in [0.15, 0.2) is 0 Å². The SMILES string of the molecule is NC(=O)Oc1ccc(CCCO)c(OC(N)=O)c1. The van der Waals surface area contributed by atoms with Crippen LogP contribution in [0.5, 0.6) is 11.5 Å². The molecule has 7 heteroatoms. The van der Waals surface area contributed by atoms with Gasteiger partial charge < -0.3 is 26.0 Å². The van der Waals surface area contributed by atoms with E-state index in [1.165, 1.54) is 12.1 Å². The normalized spacial score (nSPS) is 9.83. The van der Waals surface area contributed by atoms with Gasteiger partial charge in [0.2, 0.25) is 0 Å². The third kappa shape index (κ3) is 4.30. The van der Waals surface area contributed by atoms with E-state index in [9.17, 15) is 9.59 Å². The summed E-state index contributed by atoms with van der Waals surface area (Å²) in [6.07, 6.45) is -0.944. The van der Waals surface area contributed by atoms with Crippen LogP contribution in [-0.4, -0.2) is 23.9 Å². The van der Waals surface area contributed by atoms with Gasteiger partial charge in [0.1, 0.15) is 11.5 Å². The summed E-state index contributed by atoms with van der Waals surface area (Å²) in [7, 11) is 0. The van der Waals surface area contributed by atoms with E-state index in [0.29, 0.717) is 18.4 Å². The van der Waals surface area contributed by atoms with Gasteiger partial charge in [-0.2, -0.15) is 0 Å². The van der Waals surface area contributed by atoms with Gasteiger partial charge in [-0.3, -0.25) is 0 Å². The number of hydrogen-bond acceptors (Lipinski definition) is 5. The highest BCUT2D eigenvalue weighted by molar-refractivity contribution is 5.70. The lowest BCUT2D eigenvalue weighted by Crippen LogP contribution is -2.18. The number of ether oxygens (including phenoxy) is 2. The van der Waals surface area contributed by atoms with Crippen molar-refractivity contribution in [3.63, 3.8) is 0 Å². The maximum absolute atomic E-state index is 10.7. The molecule has 1 aromatic rings. The summed E-state index contributed by atoms with van der Waals surface area (Å²) < 4.78 is 9.44. The van der Waals surface area contributed by atoms with Crippen LogP contribution in [0.15, 0.2) is 18.2 Å². The molecular weight excluding hydrogens is 240 g/mol. The molecule has 7 nitrogen and oxygen atoms in total. The largest absolute Gasteiger partial charge is 0.410 e. The number of benzene rings is 1. The van der Waals surface area contributed by atoms with Crippen molar-refractivity contribution < 1.29 is 24.2 Å². The van der Waals surface area contributed by atoms with E-state index in [1.54, 1.807) is 6.07 Å². The molecule has 0 aliphatic carbocycles. The van der Waals surface area contributed by atoms with E-state index in [4.69, 9.17) is 21.3 Å². The van der Waals surface area contributed by atoms with Gasteiger partial charge in [-0.15, -0.1) is 0 Å². The quantitative estimate of drug-likeness (QED) is 0.706. The first-order valence-electron chi connectivity index (χ1n) is 5.21. The number of primary amides is 2. The second-order valence-corrected chi connectivity index (χ2v) is 3.44. The first-order valence-corrected chi connectivity index (χ1v) is 5.21. The van der Waals surface area contributed by atoms with Gasteiger partial charge in [0.25, 0.3) is 0 Å². The van der Waals surface area contributed by atoms with E-state index < -0.39 is 12.2 Å². The fourth-order valence-corrected chi connectivity index (χ4v) is 1.39. The summed E-state index contributed by atoms with van der Waals surface area (Å²) in [6, 6.07) is 4.44. The Balaban J connectivity index is 2.95. The van der Waals surface area contributed by atoms with E-state index in [0.717, 1.165) is 0 Å². The maximum Gasteiger partial charge on any atom is 0.409 e. The van der Waals surface area contributed by atoms with Gasteiger partial charge >= 0.3 is 12.2 Å². The average molecular weight is 254 g/mol. The van der Waals surface area contributed by atoms with Crippen molar-refractivity contribution in [2.24, 2.45) is 11.5 Å². The maximum atomic E-state index is 10.7. The van der Waals surface area contributed by atoms with Crippen molar-refractivity contribution in [3.8, 4) is 11.5 Å². The highest BCUT2D eigenvalue weighted by Crippen LogP contribution is 2.26. The van der Waals surface area contributed by atoms with Crippen molar-refractivity contribution in [1.82, 2.24) is 0 Å². The zero-order valence-electron chi connectivity index (χ0n) is 9.59. The number of nitrogens with two attached hydrogens (primary N) is 2. The molecule has 5 N–H and O–H groups in total. The molecule has 0 heterocycles. The van der Waals surface area contributed by atoms with E-state index in [2.05, 4.69) is 4.74 Å². The molecule has 0 aromatic heterocycles. The average Bonchev–Trinajstić information content (AvgIpc) is 2.26. The Hall–Kier alpha value is -2.28. The minimum atomic E-state index is -0.975. The van der Waals surface area contributed by atoms with Crippen molar-refractivity contribution in [1.29, 1.82) is 0 Å². The first-order chi connectivity index (χ1) is 8.52. The highest BCUT2D eigenvalue weighted by atomic mass is 16.6. The third-order valence-corrected chi connectivity index (χ3v) is 2.07. The molecule has 0 aliphatic rings. The molecule has 0 fully saturated rings. The van der Waals surface area contributed by atoms with Crippen molar-refractivity contribution in [3.05, 3.63) is 23.8 Å². The second-order valence-electron chi connectivity index (χ2n) is 3.44. The number of carbonyl (C=O) groups is 2. The van der Waals surface area contributed by atoms with Crippen LogP contribution in [0.4, 0.5) is 9.59 Å². The topological polar surface area (TPSA) is 125 Å². The minimum absolute atomic E-state index is 0.00947. The molecule has 0 bridgehead atoms. The molecule has 0 aliphatic heterocycles. The van der Waals surface area contributed by atoms with E-state index in [1.807, 2.05) is 0 Å². The van der Waals surface area contributed by atoms with Crippen molar-refractivity contribution in [2.75, 3.05) is 6.61 Å². The Morgan fingerprint density at radius 1 is 1.17 bits per heavy atom. The predicted molar refractivity (Wildman–Crippen MR) is 62.3 cm³/mol. The molecule has 0 unspecified atom stereocenters. The van der Waals surface area contributed by atoms with Gasteiger partial charge in [-0.1, -0.05) is 6.07 Å². The van der Waals surface area contributed by atoms with Crippen LogP contribution in [0.25, 0.3) is 0 Å².